The predicted molar refractivity (Wildman–Crippen MR) is 72.3 cm³/mol. The maximum atomic E-state index is 12.0. The second-order valence-corrected chi connectivity index (χ2v) is 4.41. The van der Waals surface area contributed by atoms with Gasteiger partial charge in [-0.15, -0.1) is 0 Å². The Kier molecular flexibility index (Phi) is 6.39. The molecule has 0 fully saturated rings. The number of hydrogen-bond donors (Lipinski definition) is 2. The minimum absolute atomic E-state index is 0.0453. The van der Waals surface area contributed by atoms with Crippen molar-refractivity contribution in [3.8, 4) is 0 Å². The molecule has 4 heteroatoms. The number of nitrogens with one attached hydrogen (secondary N) is 1. The van der Waals surface area contributed by atoms with Gasteiger partial charge >= 0.3 is 0 Å². The molecule has 100 valence electrons. The summed E-state index contributed by atoms with van der Waals surface area (Å²) < 4.78 is 5.37. The van der Waals surface area contributed by atoms with E-state index in [1.54, 1.807) is 0 Å². The molecular formula is C14H22N2O2. The van der Waals surface area contributed by atoms with Gasteiger partial charge in [-0.3, -0.25) is 4.79 Å². The second kappa shape index (κ2) is 7.84. The van der Waals surface area contributed by atoms with E-state index in [0.29, 0.717) is 19.7 Å². The van der Waals surface area contributed by atoms with Crippen molar-refractivity contribution in [2.24, 2.45) is 5.73 Å². The first-order valence-electron chi connectivity index (χ1n) is 6.29. The normalized spacial score (nSPS) is 12.4. The molecule has 1 atom stereocenters. The average Bonchev–Trinajstić information content (AvgIpc) is 2.36. The Morgan fingerprint density at radius 2 is 2.00 bits per heavy atom. The molecule has 1 aromatic rings. The van der Waals surface area contributed by atoms with Crippen molar-refractivity contribution in [1.82, 2.24) is 5.32 Å². The third-order valence-corrected chi connectivity index (χ3v) is 2.61. The van der Waals surface area contributed by atoms with E-state index in [2.05, 4.69) is 5.32 Å². The smallest absolute Gasteiger partial charge is 0.228 e. The van der Waals surface area contributed by atoms with Crippen molar-refractivity contribution in [2.45, 2.75) is 25.9 Å². The summed E-state index contributed by atoms with van der Waals surface area (Å²) in [5, 5.41) is 2.84. The third kappa shape index (κ3) is 4.85. The molecular weight excluding hydrogens is 228 g/mol. The van der Waals surface area contributed by atoms with E-state index in [9.17, 15) is 4.79 Å². The lowest BCUT2D eigenvalue weighted by Gasteiger charge is -2.15. The molecule has 4 nitrogen and oxygen atoms in total. The highest BCUT2D eigenvalue weighted by Gasteiger charge is 2.17. The molecule has 18 heavy (non-hydrogen) atoms. The number of amides is 1. The summed E-state index contributed by atoms with van der Waals surface area (Å²) in [6, 6.07) is 9.58. The molecule has 0 bridgehead atoms. The number of nitrogens with two attached hydrogens (primary N) is 1. The van der Waals surface area contributed by atoms with E-state index >= 15 is 0 Å². The zero-order chi connectivity index (χ0) is 13.4. The Bertz CT molecular complexity index is 352. The fraction of sp³-hybridized carbons (Fsp3) is 0.500. The first kappa shape index (κ1) is 14.7. The monoisotopic (exact) mass is 250 g/mol. The van der Waals surface area contributed by atoms with Crippen LogP contribution in [0.1, 0.15) is 25.3 Å². The van der Waals surface area contributed by atoms with Gasteiger partial charge in [-0.2, -0.15) is 0 Å². The lowest BCUT2D eigenvalue weighted by atomic mass is 9.98. The zero-order valence-corrected chi connectivity index (χ0v) is 11.1. The summed E-state index contributed by atoms with van der Waals surface area (Å²) in [6.45, 7) is 5.28. The van der Waals surface area contributed by atoms with Crippen LogP contribution in [0.5, 0.6) is 0 Å². The van der Waals surface area contributed by atoms with Crippen molar-refractivity contribution in [3.63, 3.8) is 0 Å². The van der Waals surface area contributed by atoms with Gasteiger partial charge in [0.2, 0.25) is 5.91 Å². The molecule has 0 aromatic heterocycles. The van der Waals surface area contributed by atoms with Crippen LogP contribution in [0.25, 0.3) is 0 Å². The van der Waals surface area contributed by atoms with E-state index < -0.39 is 0 Å². The second-order valence-electron chi connectivity index (χ2n) is 4.41. The summed E-state index contributed by atoms with van der Waals surface area (Å²) in [6.07, 6.45) is 0.182. The van der Waals surface area contributed by atoms with E-state index in [-0.39, 0.29) is 17.9 Å². The van der Waals surface area contributed by atoms with Crippen LogP contribution in [0.2, 0.25) is 0 Å². The molecule has 1 aromatic carbocycles. The number of rotatable bonds is 7. The summed E-state index contributed by atoms with van der Waals surface area (Å²) in [4.78, 5) is 12.0. The van der Waals surface area contributed by atoms with Crippen molar-refractivity contribution >= 4 is 5.91 Å². The number of carbonyl (C=O) groups excluding carboxylic acids is 1. The van der Waals surface area contributed by atoms with Gasteiger partial charge in [0.05, 0.1) is 18.6 Å². The van der Waals surface area contributed by atoms with Crippen LogP contribution in [0.15, 0.2) is 30.3 Å². The Labute approximate surface area is 109 Å². The van der Waals surface area contributed by atoms with Gasteiger partial charge < -0.3 is 15.8 Å². The minimum Gasteiger partial charge on any atom is -0.377 e. The molecule has 0 saturated heterocycles. The standard InChI is InChI=1S/C14H22N2O2/c1-11(2)18-9-8-16-14(17)13(10-15)12-6-4-3-5-7-12/h3-7,11,13H,8-10,15H2,1-2H3,(H,16,17). The summed E-state index contributed by atoms with van der Waals surface area (Å²) in [7, 11) is 0. The summed E-state index contributed by atoms with van der Waals surface area (Å²) in [5.74, 6) is -0.332. The lowest BCUT2D eigenvalue weighted by molar-refractivity contribution is -0.122. The number of benzene rings is 1. The zero-order valence-electron chi connectivity index (χ0n) is 11.1. The van der Waals surface area contributed by atoms with Gasteiger partial charge in [0.1, 0.15) is 0 Å². The predicted octanol–water partition coefficient (Wildman–Crippen LogP) is 1.27. The number of carbonyl (C=O) groups is 1. The molecule has 0 spiro atoms. The van der Waals surface area contributed by atoms with Gasteiger partial charge in [-0.1, -0.05) is 30.3 Å². The Hall–Kier alpha value is -1.39. The SMILES string of the molecule is CC(C)OCCNC(=O)C(CN)c1ccccc1. The molecule has 0 aliphatic rings. The largest absolute Gasteiger partial charge is 0.377 e. The van der Waals surface area contributed by atoms with Crippen LogP contribution in [0.3, 0.4) is 0 Å². The van der Waals surface area contributed by atoms with Gasteiger partial charge in [0.25, 0.3) is 0 Å². The first-order valence-corrected chi connectivity index (χ1v) is 6.29. The van der Waals surface area contributed by atoms with Crippen LogP contribution < -0.4 is 11.1 Å². The van der Waals surface area contributed by atoms with Crippen molar-refractivity contribution in [1.29, 1.82) is 0 Å². The highest BCUT2D eigenvalue weighted by molar-refractivity contribution is 5.83. The molecule has 0 aliphatic carbocycles. The van der Waals surface area contributed by atoms with Crippen molar-refractivity contribution < 1.29 is 9.53 Å². The highest BCUT2D eigenvalue weighted by atomic mass is 16.5. The summed E-state index contributed by atoms with van der Waals surface area (Å²) in [5.41, 5.74) is 6.61. The van der Waals surface area contributed by atoms with E-state index in [1.165, 1.54) is 0 Å². The molecule has 1 unspecified atom stereocenters. The van der Waals surface area contributed by atoms with E-state index in [4.69, 9.17) is 10.5 Å². The third-order valence-electron chi connectivity index (χ3n) is 2.61. The molecule has 1 amide bonds. The van der Waals surface area contributed by atoms with E-state index in [1.807, 2.05) is 44.2 Å². The van der Waals surface area contributed by atoms with Crippen LogP contribution in [0, 0.1) is 0 Å². The Morgan fingerprint density at radius 1 is 1.33 bits per heavy atom. The average molecular weight is 250 g/mol. The molecule has 0 radical (unpaired) electrons. The van der Waals surface area contributed by atoms with Crippen molar-refractivity contribution in [2.75, 3.05) is 19.7 Å². The molecule has 3 N–H and O–H groups in total. The molecule has 0 aliphatic heterocycles. The van der Waals surface area contributed by atoms with Gasteiger partial charge in [0, 0.05) is 13.1 Å². The molecule has 1 rings (SSSR count). The first-order chi connectivity index (χ1) is 8.65. The molecule has 0 saturated carbocycles. The van der Waals surface area contributed by atoms with E-state index in [0.717, 1.165) is 5.56 Å². The van der Waals surface area contributed by atoms with Crippen LogP contribution in [-0.2, 0) is 9.53 Å². The Balaban J connectivity index is 2.43. The fourth-order valence-corrected chi connectivity index (χ4v) is 1.67. The maximum Gasteiger partial charge on any atom is 0.228 e. The van der Waals surface area contributed by atoms with Gasteiger partial charge in [-0.25, -0.2) is 0 Å². The molecule has 0 heterocycles. The quantitative estimate of drug-likeness (QED) is 0.716. The maximum absolute atomic E-state index is 12.0. The van der Waals surface area contributed by atoms with Crippen LogP contribution in [-0.4, -0.2) is 31.7 Å². The van der Waals surface area contributed by atoms with Gasteiger partial charge in [-0.05, 0) is 19.4 Å². The summed E-state index contributed by atoms with van der Waals surface area (Å²) >= 11 is 0. The minimum atomic E-state index is -0.287. The number of hydrogen-bond acceptors (Lipinski definition) is 3. The fourth-order valence-electron chi connectivity index (χ4n) is 1.67. The van der Waals surface area contributed by atoms with Crippen LogP contribution in [0.4, 0.5) is 0 Å². The Morgan fingerprint density at radius 3 is 2.56 bits per heavy atom. The lowest BCUT2D eigenvalue weighted by Crippen LogP contribution is -2.35. The topological polar surface area (TPSA) is 64.3 Å². The van der Waals surface area contributed by atoms with Crippen molar-refractivity contribution in [3.05, 3.63) is 35.9 Å². The van der Waals surface area contributed by atoms with Crippen LogP contribution >= 0.6 is 0 Å². The highest BCUT2D eigenvalue weighted by Crippen LogP contribution is 2.13. The number of ether oxygens (including phenoxy) is 1. The van der Waals surface area contributed by atoms with Gasteiger partial charge in [0.15, 0.2) is 0 Å².